The van der Waals surface area contributed by atoms with Gasteiger partial charge in [-0.1, -0.05) is 12.0 Å². The van der Waals surface area contributed by atoms with E-state index in [-0.39, 0.29) is 11.4 Å². The van der Waals surface area contributed by atoms with E-state index in [4.69, 9.17) is 9.47 Å². The molecule has 2 heterocycles. The fourth-order valence-electron chi connectivity index (χ4n) is 5.83. The van der Waals surface area contributed by atoms with Crippen molar-refractivity contribution in [3.05, 3.63) is 48.2 Å². The number of sulfone groups is 1. The number of ether oxygens (including phenoxy) is 2. The van der Waals surface area contributed by atoms with Gasteiger partial charge < -0.3 is 24.7 Å². The molecule has 2 aromatic carbocycles. The van der Waals surface area contributed by atoms with Gasteiger partial charge in [-0.25, -0.2) is 8.42 Å². The van der Waals surface area contributed by atoms with Crippen LogP contribution in [0, 0.1) is 23.2 Å². The Labute approximate surface area is 242 Å². The summed E-state index contributed by atoms with van der Waals surface area (Å²) in [7, 11) is -1.83. The summed E-state index contributed by atoms with van der Waals surface area (Å²) in [6.45, 7) is 4.28. The Morgan fingerprint density at radius 1 is 1.07 bits per heavy atom. The van der Waals surface area contributed by atoms with Crippen molar-refractivity contribution >= 4 is 32.1 Å². The van der Waals surface area contributed by atoms with E-state index in [1.165, 1.54) is 32.3 Å². The van der Waals surface area contributed by atoms with Crippen LogP contribution in [0.4, 0.5) is 11.4 Å². The molecular formula is C31H37N5O4S. The topological polar surface area (TPSA) is 109 Å². The Morgan fingerprint density at radius 2 is 1.85 bits per heavy atom. The molecule has 0 atom stereocenters. The van der Waals surface area contributed by atoms with E-state index >= 15 is 0 Å². The van der Waals surface area contributed by atoms with Gasteiger partial charge in [0.15, 0.2) is 9.84 Å². The second-order valence-electron chi connectivity index (χ2n) is 10.6. The number of aromatic nitrogens is 1. The Morgan fingerprint density at radius 3 is 2.56 bits per heavy atom. The first-order chi connectivity index (χ1) is 19.9. The number of nitrogens with one attached hydrogen (secondary N) is 2. The Bertz CT molecular complexity index is 1580. The predicted octanol–water partition coefficient (Wildman–Crippen LogP) is 4.10. The number of hydrogen-bond donors (Lipinski definition) is 2. The van der Waals surface area contributed by atoms with Crippen LogP contribution in [0.2, 0.25) is 0 Å². The van der Waals surface area contributed by atoms with Gasteiger partial charge in [-0.2, -0.15) is 5.26 Å². The summed E-state index contributed by atoms with van der Waals surface area (Å²) in [6, 6.07) is 16.3. The molecule has 41 heavy (non-hydrogen) atoms. The number of benzene rings is 2. The average Bonchev–Trinajstić information content (AvgIpc) is 3.34. The van der Waals surface area contributed by atoms with Crippen LogP contribution < -0.4 is 15.4 Å². The van der Waals surface area contributed by atoms with Gasteiger partial charge in [0, 0.05) is 48.6 Å². The highest BCUT2D eigenvalue weighted by Crippen LogP contribution is 2.31. The van der Waals surface area contributed by atoms with Crippen LogP contribution in [0.1, 0.15) is 31.4 Å². The summed E-state index contributed by atoms with van der Waals surface area (Å²) < 4.78 is 36.6. The zero-order chi connectivity index (χ0) is 28.8. The molecule has 2 aliphatic rings. The first kappa shape index (κ1) is 28.8. The van der Waals surface area contributed by atoms with Crippen LogP contribution in [-0.2, 0) is 21.1 Å². The second-order valence-corrected chi connectivity index (χ2v) is 12.6. The van der Waals surface area contributed by atoms with Gasteiger partial charge >= 0.3 is 0 Å². The van der Waals surface area contributed by atoms with E-state index in [9.17, 15) is 13.7 Å². The van der Waals surface area contributed by atoms with Gasteiger partial charge in [0.05, 0.1) is 54.7 Å². The monoisotopic (exact) mass is 575 g/mol. The molecule has 9 nitrogen and oxygen atoms in total. The third-order valence-corrected chi connectivity index (χ3v) is 9.09. The minimum atomic E-state index is -3.33. The van der Waals surface area contributed by atoms with Crippen molar-refractivity contribution in [2.75, 3.05) is 56.8 Å². The maximum atomic E-state index is 11.9. The number of nitriles is 1. The number of anilines is 2. The molecule has 1 saturated heterocycles. The lowest BCUT2D eigenvalue weighted by atomic mass is 9.89. The molecule has 1 aliphatic carbocycles. The zero-order valence-electron chi connectivity index (χ0n) is 23.7. The largest absolute Gasteiger partial charge is 0.495 e. The fraction of sp³-hybridized carbons (Fsp3) is 0.452. The summed E-state index contributed by atoms with van der Waals surface area (Å²) in [5, 5.41) is 17.6. The van der Waals surface area contributed by atoms with Gasteiger partial charge in [-0.3, -0.25) is 4.90 Å². The summed E-state index contributed by atoms with van der Waals surface area (Å²) in [4.78, 5) is 2.78. The number of hydrogen-bond acceptors (Lipinski definition) is 8. The zero-order valence-corrected chi connectivity index (χ0v) is 24.5. The molecule has 5 rings (SSSR count). The quantitative estimate of drug-likeness (QED) is 0.387. The molecule has 0 amide bonds. The molecule has 0 spiro atoms. The first-order valence-corrected chi connectivity index (χ1v) is 15.9. The standard InChI is InChI=1S/C31H37N5O4S/c1-39-31-22-26(41(2,37)38)12-13-29(31)33-15-4-5-25-21-27-28(6-3-7-30(27)36(25)16-14-32)34-23-8-10-24(11-9-23)35-17-19-40-20-18-35/h3,6-7,12-13,21-24,33-34H,8-11,15-20H2,1-2H3/t23-,24-. The lowest BCUT2D eigenvalue weighted by Gasteiger charge is -2.39. The van der Waals surface area contributed by atoms with Gasteiger partial charge in [-0.05, 0) is 61.9 Å². The van der Waals surface area contributed by atoms with Crippen molar-refractivity contribution in [2.45, 2.75) is 49.2 Å². The maximum absolute atomic E-state index is 11.9. The van der Waals surface area contributed by atoms with Crippen molar-refractivity contribution in [2.24, 2.45) is 0 Å². The van der Waals surface area contributed by atoms with E-state index in [0.29, 0.717) is 30.1 Å². The number of fused-ring (bicyclic) bond motifs is 1. The number of rotatable bonds is 8. The second kappa shape index (κ2) is 12.9. The van der Waals surface area contributed by atoms with Gasteiger partial charge in [0.25, 0.3) is 0 Å². The van der Waals surface area contributed by atoms with Crippen LogP contribution in [0.5, 0.6) is 5.75 Å². The average molecular weight is 576 g/mol. The van der Waals surface area contributed by atoms with Crippen molar-refractivity contribution in [1.82, 2.24) is 9.47 Å². The first-order valence-electron chi connectivity index (χ1n) is 14.1. The molecule has 2 N–H and O–H groups in total. The van der Waals surface area contributed by atoms with E-state index in [1.807, 2.05) is 16.7 Å². The molecule has 1 saturated carbocycles. The molecule has 216 valence electrons. The van der Waals surface area contributed by atoms with Crippen LogP contribution in [0.25, 0.3) is 10.9 Å². The number of morpholine rings is 1. The van der Waals surface area contributed by atoms with Gasteiger partial charge in [-0.15, -0.1) is 0 Å². The highest BCUT2D eigenvalue weighted by molar-refractivity contribution is 7.90. The van der Waals surface area contributed by atoms with Crippen LogP contribution >= 0.6 is 0 Å². The molecular weight excluding hydrogens is 538 g/mol. The minimum absolute atomic E-state index is 0.196. The van der Waals surface area contributed by atoms with E-state index in [0.717, 1.165) is 61.4 Å². The lowest BCUT2D eigenvalue weighted by Crippen LogP contribution is -2.46. The summed E-state index contributed by atoms with van der Waals surface area (Å²) in [6.07, 6.45) is 5.80. The highest BCUT2D eigenvalue weighted by Gasteiger charge is 2.27. The fourth-order valence-corrected chi connectivity index (χ4v) is 6.46. The van der Waals surface area contributed by atoms with Crippen LogP contribution in [0.15, 0.2) is 47.4 Å². The number of nitrogens with zero attached hydrogens (tertiary/aromatic N) is 3. The van der Waals surface area contributed by atoms with Crippen molar-refractivity contribution in [3.63, 3.8) is 0 Å². The van der Waals surface area contributed by atoms with Crippen molar-refractivity contribution in [3.8, 4) is 23.7 Å². The minimum Gasteiger partial charge on any atom is -0.495 e. The Kier molecular flexibility index (Phi) is 9.04. The molecule has 1 aliphatic heterocycles. The molecule has 0 unspecified atom stereocenters. The maximum Gasteiger partial charge on any atom is 0.175 e. The molecule has 2 fully saturated rings. The predicted molar refractivity (Wildman–Crippen MR) is 161 cm³/mol. The molecule has 10 heteroatoms. The Hall–Kier alpha value is -3.70. The van der Waals surface area contributed by atoms with Crippen LogP contribution in [0.3, 0.4) is 0 Å². The summed E-state index contributed by atoms with van der Waals surface area (Å²) >= 11 is 0. The lowest BCUT2D eigenvalue weighted by molar-refractivity contribution is 0.00791. The van der Waals surface area contributed by atoms with Gasteiger partial charge in [0.1, 0.15) is 12.3 Å². The summed E-state index contributed by atoms with van der Waals surface area (Å²) in [5.41, 5.74) is 3.48. The van der Waals surface area contributed by atoms with Gasteiger partial charge in [0.2, 0.25) is 0 Å². The van der Waals surface area contributed by atoms with Crippen molar-refractivity contribution in [1.29, 1.82) is 5.26 Å². The molecule has 1 aromatic heterocycles. The smallest absolute Gasteiger partial charge is 0.175 e. The third kappa shape index (κ3) is 6.79. The number of methoxy groups -OCH3 is 1. The van der Waals surface area contributed by atoms with Crippen LogP contribution in [-0.4, -0.2) is 76.2 Å². The van der Waals surface area contributed by atoms with E-state index < -0.39 is 9.84 Å². The molecule has 3 aromatic rings. The molecule has 0 bridgehead atoms. The Balaban J connectivity index is 1.29. The van der Waals surface area contributed by atoms with E-state index in [2.05, 4.69) is 45.6 Å². The van der Waals surface area contributed by atoms with Crippen molar-refractivity contribution < 1.29 is 17.9 Å². The molecule has 0 radical (unpaired) electrons. The SMILES string of the molecule is COc1cc(S(C)(=O)=O)ccc1NCC#Cc1cc2c(N[C@H]3CC[C@H](N4CCOCC4)CC3)cccc2n1CC#N. The normalized spacial score (nSPS) is 19.6. The van der Waals surface area contributed by atoms with E-state index in [1.54, 1.807) is 12.1 Å². The third-order valence-electron chi connectivity index (χ3n) is 7.98. The highest BCUT2D eigenvalue weighted by atomic mass is 32.2. The summed E-state index contributed by atoms with van der Waals surface area (Å²) in [5.74, 6) is 6.80.